The number of amides is 2. The van der Waals surface area contributed by atoms with E-state index in [1.54, 1.807) is 12.3 Å². The van der Waals surface area contributed by atoms with Crippen molar-refractivity contribution in [3.63, 3.8) is 0 Å². The van der Waals surface area contributed by atoms with Gasteiger partial charge in [-0.1, -0.05) is 18.8 Å². The largest absolute Gasteiger partial charge is 0.453 e. The van der Waals surface area contributed by atoms with Crippen LogP contribution in [0.1, 0.15) is 24.6 Å². The molecule has 2 aromatic heterocycles. The normalized spacial score (nSPS) is 16.2. The quantitative estimate of drug-likeness (QED) is 0.214. The molecule has 4 aromatic rings. The minimum absolute atomic E-state index is 0.0592. The van der Waals surface area contributed by atoms with Gasteiger partial charge in [0.1, 0.15) is 17.0 Å². The van der Waals surface area contributed by atoms with Gasteiger partial charge in [0.15, 0.2) is 11.6 Å². The Hall–Kier alpha value is -4.37. The molecular weight excluding hydrogens is 584 g/mol. The van der Waals surface area contributed by atoms with Crippen LogP contribution < -0.4 is 15.4 Å². The molecular formula is C33H31F2N5O3S. The number of anilines is 2. The number of aromatic nitrogens is 1. The zero-order valence-electron chi connectivity index (χ0n) is 24.2. The molecule has 44 heavy (non-hydrogen) atoms. The molecule has 0 bridgehead atoms. The summed E-state index contributed by atoms with van der Waals surface area (Å²) in [6, 6.07) is 12.8. The van der Waals surface area contributed by atoms with Gasteiger partial charge in [0.05, 0.1) is 27.3 Å². The highest BCUT2D eigenvalue weighted by Crippen LogP contribution is 2.49. The number of carbonyl (C=O) groups is 2. The monoisotopic (exact) mass is 615 g/mol. The molecule has 0 unspecified atom stereocenters. The molecule has 1 aliphatic heterocycles. The summed E-state index contributed by atoms with van der Waals surface area (Å²) in [6.45, 7) is 8.05. The van der Waals surface area contributed by atoms with Crippen LogP contribution in [-0.4, -0.2) is 65.9 Å². The molecule has 1 saturated carbocycles. The van der Waals surface area contributed by atoms with Crippen molar-refractivity contribution in [2.75, 3.05) is 44.2 Å². The average molecular weight is 616 g/mol. The van der Waals surface area contributed by atoms with Crippen LogP contribution in [0.15, 0.2) is 60.8 Å². The number of piperazine rings is 1. The number of ether oxygens (including phenoxy) is 1. The maximum Gasteiger partial charge on any atom is 0.247 e. The van der Waals surface area contributed by atoms with Crippen LogP contribution in [0.3, 0.4) is 0 Å². The van der Waals surface area contributed by atoms with E-state index in [0.717, 1.165) is 48.4 Å². The summed E-state index contributed by atoms with van der Waals surface area (Å²) in [5, 5.41) is 0. The van der Waals surface area contributed by atoms with Gasteiger partial charge >= 0.3 is 0 Å². The van der Waals surface area contributed by atoms with Gasteiger partial charge in [-0.15, -0.1) is 11.3 Å². The van der Waals surface area contributed by atoms with Crippen LogP contribution in [0.2, 0.25) is 0 Å². The van der Waals surface area contributed by atoms with Crippen molar-refractivity contribution >= 4 is 44.7 Å². The number of primary amides is 1. The first-order valence-electron chi connectivity index (χ1n) is 14.5. The van der Waals surface area contributed by atoms with Crippen molar-refractivity contribution in [3.05, 3.63) is 77.3 Å². The number of halogens is 2. The molecule has 2 N–H and O–H groups in total. The molecule has 2 aromatic carbocycles. The zero-order valence-corrected chi connectivity index (χ0v) is 25.0. The number of thiophene rings is 1. The maximum absolute atomic E-state index is 15.5. The highest BCUT2D eigenvalue weighted by molar-refractivity contribution is 7.19. The molecule has 2 fully saturated rings. The predicted molar refractivity (Wildman–Crippen MR) is 166 cm³/mol. The lowest BCUT2D eigenvalue weighted by Crippen LogP contribution is -2.46. The van der Waals surface area contributed by atoms with Crippen molar-refractivity contribution in [2.24, 2.45) is 11.1 Å². The van der Waals surface area contributed by atoms with Gasteiger partial charge in [-0.3, -0.25) is 24.4 Å². The summed E-state index contributed by atoms with van der Waals surface area (Å²) in [7, 11) is 0. The lowest BCUT2D eigenvalue weighted by Gasteiger charge is -2.32. The number of likely N-dealkylation sites (N-methyl/N-ethyl adjacent to an activating group) is 1. The van der Waals surface area contributed by atoms with E-state index in [4.69, 9.17) is 10.5 Å². The number of fused-ring (bicyclic) bond motifs is 1. The highest BCUT2D eigenvalue weighted by Gasteiger charge is 2.57. The standard InChI is InChI=1S/C33H31F2N5O3S/c1-2-38-16-18-39(19-17-38)15-3-4-25-21-27-30(44-25)29(11-14-37-27)43-28-10-9-24(20-26(28)35)40(23-7-5-22(34)6-8-23)32(42)33(12-13-33)31(36)41/h5-11,14,20-21H,2,12-13,15-19H2,1H3,(H2,36,41). The highest BCUT2D eigenvalue weighted by atomic mass is 32.1. The van der Waals surface area contributed by atoms with Gasteiger partial charge in [-0.2, -0.15) is 0 Å². The molecule has 0 atom stereocenters. The third-order valence-electron chi connectivity index (χ3n) is 8.11. The summed E-state index contributed by atoms with van der Waals surface area (Å²) in [4.78, 5) is 36.9. The number of benzene rings is 2. The maximum atomic E-state index is 15.5. The minimum atomic E-state index is -1.37. The van der Waals surface area contributed by atoms with Crippen molar-refractivity contribution < 1.29 is 23.1 Å². The predicted octanol–water partition coefficient (Wildman–Crippen LogP) is 5.29. The van der Waals surface area contributed by atoms with E-state index < -0.39 is 28.9 Å². The van der Waals surface area contributed by atoms with Gasteiger partial charge in [-0.05, 0) is 61.9 Å². The van der Waals surface area contributed by atoms with Crippen LogP contribution in [0.4, 0.5) is 20.2 Å². The van der Waals surface area contributed by atoms with Crippen molar-refractivity contribution in [3.8, 4) is 23.3 Å². The lowest BCUT2D eigenvalue weighted by molar-refractivity contribution is -0.133. The SMILES string of the molecule is CCN1CCN(CC#Cc2cc3nccc(Oc4ccc(N(C(=O)C5(C(N)=O)CC5)c5ccc(F)cc5)cc4F)c3s2)CC1. The van der Waals surface area contributed by atoms with Gasteiger partial charge < -0.3 is 15.4 Å². The van der Waals surface area contributed by atoms with Gasteiger partial charge in [0.2, 0.25) is 11.8 Å². The average Bonchev–Trinajstić information content (AvgIpc) is 3.74. The van der Waals surface area contributed by atoms with Crippen LogP contribution in [-0.2, 0) is 9.59 Å². The van der Waals surface area contributed by atoms with Gasteiger partial charge in [0.25, 0.3) is 0 Å². The number of carbonyl (C=O) groups excluding carboxylic acids is 2. The Morgan fingerprint density at radius 2 is 1.70 bits per heavy atom. The summed E-state index contributed by atoms with van der Waals surface area (Å²) in [5.74, 6) is 4.31. The Labute approximate surface area is 258 Å². The Kier molecular flexibility index (Phi) is 8.31. The topological polar surface area (TPSA) is 92.0 Å². The fourth-order valence-electron chi connectivity index (χ4n) is 5.27. The van der Waals surface area contributed by atoms with Gasteiger partial charge in [0, 0.05) is 50.2 Å². The van der Waals surface area contributed by atoms with Crippen molar-refractivity contribution in [1.82, 2.24) is 14.8 Å². The molecule has 8 nitrogen and oxygen atoms in total. The molecule has 1 aliphatic carbocycles. The summed E-state index contributed by atoms with van der Waals surface area (Å²) < 4.78 is 35.9. The smallest absolute Gasteiger partial charge is 0.247 e. The third kappa shape index (κ3) is 6.01. The lowest BCUT2D eigenvalue weighted by atomic mass is 10.0. The van der Waals surface area contributed by atoms with E-state index in [-0.39, 0.29) is 17.1 Å². The number of hydrogen-bond donors (Lipinski definition) is 1. The molecule has 0 radical (unpaired) electrons. The number of nitrogens with two attached hydrogens (primary N) is 1. The minimum Gasteiger partial charge on any atom is -0.453 e. The molecule has 1 saturated heterocycles. The summed E-state index contributed by atoms with van der Waals surface area (Å²) in [6.07, 6.45) is 2.18. The number of pyridine rings is 1. The summed E-state index contributed by atoms with van der Waals surface area (Å²) in [5.41, 5.74) is 5.31. The fraction of sp³-hybridized carbons (Fsp3) is 0.303. The third-order valence-corrected chi connectivity index (χ3v) is 9.17. The van der Waals surface area contributed by atoms with E-state index in [9.17, 15) is 14.0 Å². The van der Waals surface area contributed by atoms with Crippen LogP contribution >= 0.6 is 11.3 Å². The number of hydrogen-bond acceptors (Lipinski definition) is 7. The van der Waals surface area contributed by atoms with E-state index >= 15 is 4.39 Å². The molecule has 3 heterocycles. The van der Waals surface area contributed by atoms with Crippen molar-refractivity contribution in [1.29, 1.82) is 0 Å². The zero-order chi connectivity index (χ0) is 30.8. The van der Waals surface area contributed by atoms with Crippen LogP contribution in [0.25, 0.3) is 10.2 Å². The van der Waals surface area contributed by atoms with Gasteiger partial charge in [-0.25, -0.2) is 8.78 Å². The van der Waals surface area contributed by atoms with E-state index in [1.807, 2.05) is 6.07 Å². The van der Waals surface area contributed by atoms with E-state index in [0.29, 0.717) is 30.7 Å². The fourth-order valence-corrected chi connectivity index (χ4v) is 6.21. The summed E-state index contributed by atoms with van der Waals surface area (Å²) >= 11 is 1.42. The molecule has 226 valence electrons. The van der Waals surface area contributed by atoms with E-state index in [1.165, 1.54) is 52.6 Å². The Bertz CT molecular complexity index is 1770. The number of rotatable bonds is 8. The second-order valence-electron chi connectivity index (χ2n) is 10.9. The second-order valence-corrected chi connectivity index (χ2v) is 12.0. The first-order valence-corrected chi connectivity index (χ1v) is 15.3. The Morgan fingerprint density at radius 3 is 2.36 bits per heavy atom. The first kappa shape index (κ1) is 29.7. The molecule has 0 spiro atoms. The molecule has 2 amide bonds. The van der Waals surface area contributed by atoms with Crippen molar-refractivity contribution in [2.45, 2.75) is 19.8 Å². The molecule has 2 aliphatic rings. The molecule has 11 heteroatoms. The Balaban J connectivity index is 1.22. The van der Waals surface area contributed by atoms with Crippen LogP contribution in [0, 0.1) is 28.9 Å². The van der Waals surface area contributed by atoms with Crippen LogP contribution in [0.5, 0.6) is 11.5 Å². The molecule has 6 rings (SSSR count). The van der Waals surface area contributed by atoms with E-state index in [2.05, 4.69) is 33.5 Å². The second kappa shape index (κ2) is 12.3. The first-order chi connectivity index (χ1) is 21.3. The Morgan fingerprint density at radius 1 is 1.00 bits per heavy atom. The number of nitrogens with zero attached hydrogens (tertiary/aromatic N) is 4.